The molecule has 1 aromatic rings. The van der Waals surface area contributed by atoms with Crippen LogP contribution in [0.4, 0.5) is 0 Å². The van der Waals surface area contributed by atoms with Gasteiger partial charge in [0.2, 0.25) is 0 Å². The second-order valence-electron chi connectivity index (χ2n) is 3.49. The number of hydrogen-bond acceptors (Lipinski definition) is 4. The van der Waals surface area contributed by atoms with Gasteiger partial charge in [-0.3, -0.25) is 0 Å². The monoisotopic (exact) mass is 240 g/mol. The van der Waals surface area contributed by atoms with Crippen LogP contribution in [0.15, 0.2) is 12.1 Å². The number of aliphatic hydroxyl groups is 1. The Morgan fingerprint density at radius 3 is 2.41 bits per heavy atom. The van der Waals surface area contributed by atoms with Gasteiger partial charge in [-0.15, -0.1) is 0 Å². The van der Waals surface area contributed by atoms with Gasteiger partial charge >= 0.3 is 5.97 Å². The summed E-state index contributed by atoms with van der Waals surface area (Å²) in [6.45, 7) is 1.86. The van der Waals surface area contributed by atoms with Gasteiger partial charge in [-0.2, -0.15) is 0 Å². The third kappa shape index (κ3) is 2.68. The van der Waals surface area contributed by atoms with E-state index in [1.165, 1.54) is 20.3 Å². The van der Waals surface area contributed by atoms with Crippen LogP contribution in [0.2, 0.25) is 0 Å². The fourth-order valence-electron chi connectivity index (χ4n) is 1.70. The van der Waals surface area contributed by atoms with E-state index >= 15 is 0 Å². The topological polar surface area (TPSA) is 76.0 Å². The van der Waals surface area contributed by atoms with E-state index in [2.05, 4.69) is 0 Å². The maximum Gasteiger partial charge on any atom is 0.337 e. The molecule has 17 heavy (non-hydrogen) atoms. The van der Waals surface area contributed by atoms with E-state index < -0.39 is 12.1 Å². The highest BCUT2D eigenvalue weighted by Gasteiger charge is 2.22. The number of rotatable bonds is 5. The summed E-state index contributed by atoms with van der Waals surface area (Å²) >= 11 is 0. The Balaban J connectivity index is 3.38. The summed E-state index contributed by atoms with van der Waals surface area (Å²) in [6, 6.07) is 3.18. The van der Waals surface area contributed by atoms with Crippen LogP contribution >= 0.6 is 0 Å². The van der Waals surface area contributed by atoms with Gasteiger partial charge in [-0.25, -0.2) is 4.79 Å². The van der Waals surface area contributed by atoms with Gasteiger partial charge in [-0.1, -0.05) is 6.92 Å². The molecule has 0 amide bonds. The fourth-order valence-corrected chi connectivity index (χ4v) is 1.70. The predicted octanol–water partition coefficient (Wildman–Crippen LogP) is 1.38. The van der Waals surface area contributed by atoms with Gasteiger partial charge < -0.3 is 19.7 Å². The average molecular weight is 240 g/mol. The molecule has 0 radical (unpaired) electrons. The van der Waals surface area contributed by atoms with E-state index in [0.29, 0.717) is 29.0 Å². The van der Waals surface area contributed by atoms with E-state index in [1.807, 2.05) is 6.92 Å². The average Bonchev–Trinajstić information content (AvgIpc) is 2.35. The number of aliphatic carboxylic acids is 1. The van der Waals surface area contributed by atoms with Crippen molar-refractivity contribution in [2.24, 2.45) is 0 Å². The lowest BCUT2D eigenvalue weighted by molar-refractivity contribution is -0.147. The lowest BCUT2D eigenvalue weighted by Gasteiger charge is -2.16. The maximum absolute atomic E-state index is 10.8. The van der Waals surface area contributed by atoms with E-state index in [9.17, 15) is 9.90 Å². The SMILES string of the molecule is CCc1c(OC)cc(OC)cc1C(O)C(=O)O. The Morgan fingerprint density at radius 2 is 2.00 bits per heavy atom. The molecule has 1 rings (SSSR count). The smallest absolute Gasteiger partial charge is 0.337 e. The molecule has 1 aromatic carbocycles. The normalized spacial score (nSPS) is 12.0. The minimum atomic E-state index is -1.58. The number of aliphatic hydroxyl groups excluding tert-OH is 1. The largest absolute Gasteiger partial charge is 0.497 e. The summed E-state index contributed by atoms with van der Waals surface area (Å²) in [6.07, 6.45) is -1.01. The van der Waals surface area contributed by atoms with Crippen molar-refractivity contribution in [1.82, 2.24) is 0 Å². The van der Waals surface area contributed by atoms with Crippen molar-refractivity contribution in [3.05, 3.63) is 23.3 Å². The van der Waals surface area contributed by atoms with Crippen LogP contribution < -0.4 is 9.47 Å². The molecular formula is C12H16O5. The first-order valence-electron chi connectivity index (χ1n) is 5.20. The van der Waals surface area contributed by atoms with Crippen molar-refractivity contribution >= 4 is 5.97 Å². The van der Waals surface area contributed by atoms with Crippen LogP contribution in [0.3, 0.4) is 0 Å². The molecule has 2 N–H and O–H groups in total. The molecule has 94 valence electrons. The first-order valence-corrected chi connectivity index (χ1v) is 5.20. The molecule has 0 fully saturated rings. The second kappa shape index (κ2) is 5.54. The Kier molecular flexibility index (Phi) is 4.34. The van der Waals surface area contributed by atoms with Crippen LogP contribution in [0, 0.1) is 0 Å². The first-order chi connectivity index (χ1) is 8.04. The van der Waals surface area contributed by atoms with Gasteiger partial charge in [-0.05, 0) is 12.5 Å². The van der Waals surface area contributed by atoms with E-state index in [-0.39, 0.29) is 0 Å². The molecule has 0 saturated carbocycles. The lowest BCUT2D eigenvalue weighted by atomic mass is 9.99. The van der Waals surface area contributed by atoms with Crippen LogP contribution in [-0.2, 0) is 11.2 Å². The molecule has 0 bridgehead atoms. The zero-order valence-corrected chi connectivity index (χ0v) is 10.1. The molecule has 0 spiro atoms. The molecule has 1 atom stereocenters. The number of carbonyl (C=O) groups is 1. The Bertz CT molecular complexity index is 414. The summed E-state index contributed by atoms with van der Waals surface area (Å²) in [5, 5.41) is 18.5. The van der Waals surface area contributed by atoms with Crippen molar-refractivity contribution in [1.29, 1.82) is 0 Å². The van der Waals surface area contributed by atoms with Gasteiger partial charge in [0.15, 0.2) is 6.10 Å². The maximum atomic E-state index is 10.8. The standard InChI is InChI=1S/C12H16O5/c1-4-8-9(11(13)12(14)15)5-7(16-2)6-10(8)17-3/h5-6,11,13H,4H2,1-3H3,(H,14,15). The van der Waals surface area contributed by atoms with Crippen molar-refractivity contribution in [3.63, 3.8) is 0 Å². The first kappa shape index (κ1) is 13.3. The number of methoxy groups -OCH3 is 2. The van der Waals surface area contributed by atoms with Crippen LogP contribution in [0.25, 0.3) is 0 Å². The van der Waals surface area contributed by atoms with Crippen LogP contribution in [-0.4, -0.2) is 30.4 Å². The summed E-state index contributed by atoms with van der Waals surface area (Å²) < 4.78 is 10.2. The van der Waals surface area contributed by atoms with Crippen molar-refractivity contribution < 1.29 is 24.5 Å². The van der Waals surface area contributed by atoms with Gasteiger partial charge in [0.1, 0.15) is 11.5 Å². The Morgan fingerprint density at radius 1 is 1.35 bits per heavy atom. The predicted molar refractivity (Wildman–Crippen MR) is 61.5 cm³/mol. The highest BCUT2D eigenvalue weighted by molar-refractivity contribution is 5.75. The zero-order chi connectivity index (χ0) is 13.0. The van der Waals surface area contributed by atoms with Crippen molar-refractivity contribution in [3.8, 4) is 11.5 Å². The number of hydrogen-bond donors (Lipinski definition) is 2. The third-order valence-corrected chi connectivity index (χ3v) is 2.55. The highest BCUT2D eigenvalue weighted by atomic mass is 16.5. The molecule has 0 aliphatic carbocycles. The second-order valence-corrected chi connectivity index (χ2v) is 3.49. The molecule has 0 aliphatic heterocycles. The molecule has 0 aromatic heterocycles. The molecule has 5 heteroatoms. The third-order valence-electron chi connectivity index (χ3n) is 2.55. The summed E-state index contributed by atoms with van der Waals surface area (Å²) in [5.41, 5.74) is 0.972. The Hall–Kier alpha value is -1.75. The number of ether oxygens (including phenoxy) is 2. The van der Waals surface area contributed by atoms with E-state index in [1.54, 1.807) is 6.07 Å². The zero-order valence-electron chi connectivity index (χ0n) is 10.1. The van der Waals surface area contributed by atoms with E-state index in [0.717, 1.165) is 0 Å². The summed E-state index contributed by atoms with van der Waals surface area (Å²) in [7, 11) is 2.96. The molecule has 1 unspecified atom stereocenters. The van der Waals surface area contributed by atoms with E-state index in [4.69, 9.17) is 14.6 Å². The van der Waals surface area contributed by atoms with Gasteiger partial charge in [0, 0.05) is 17.2 Å². The summed E-state index contributed by atoms with van der Waals surface area (Å²) in [4.78, 5) is 10.8. The van der Waals surface area contributed by atoms with Gasteiger partial charge in [0.05, 0.1) is 14.2 Å². The molecule has 0 aliphatic rings. The molecule has 5 nitrogen and oxygen atoms in total. The van der Waals surface area contributed by atoms with Crippen LogP contribution in [0.1, 0.15) is 24.2 Å². The van der Waals surface area contributed by atoms with Crippen molar-refractivity contribution in [2.75, 3.05) is 14.2 Å². The van der Waals surface area contributed by atoms with Crippen molar-refractivity contribution in [2.45, 2.75) is 19.4 Å². The van der Waals surface area contributed by atoms with Crippen LogP contribution in [0.5, 0.6) is 11.5 Å². The molecule has 0 saturated heterocycles. The lowest BCUT2D eigenvalue weighted by Crippen LogP contribution is -2.13. The number of carboxylic acid groups (broad SMARTS) is 1. The minimum Gasteiger partial charge on any atom is -0.497 e. The molecule has 0 heterocycles. The number of carboxylic acids is 1. The quantitative estimate of drug-likeness (QED) is 0.813. The summed E-state index contributed by atoms with van der Waals surface area (Å²) in [5.74, 6) is -0.327. The molecular weight excluding hydrogens is 224 g/mol. The minimum absolute atomic E-state index is 0.302. The fraction of sp³-hybridized carbons (Fsp3) is 0.417. The Labute approximate surface area is 99.6 Å². The van der Waals surface area contributed by atoms with Gasteiger partial charge in [0.25, 0.3) is 0 Å². The highest BCUT2D eigenvalue weighted by Crippen LogP contribution is 2.32. The number of benzene rings is 1.